The molecule has 3 N–H and O–H groups in total. The van der Waals surface area contributed by atoms with E-state index in [4.69, 9.17) is 5.26 Å². The van der Waals surface area contributed by atoms with Crippen LogP contribution in [-0.4, -0.2) is 45.5 Å². The molecule has 0 spiro atoms. The van der Waals surface area contributed by atoms with Crippen LogP contribution in [0.15, 0.2) is 36.7 Å². The highest BCUT2D eigenvalue weighted by Crippen LogP contribution is 2.28. The molecule has 1 aliphatic rings. The van der Waals surface area contributed by atoms with Gasteiger partial charge in [-0.2, -0.15) is 10.4 Å². The summed E-state index contributed by atoms with van der Waals surface area (Å²) in [6.45, 7) is 4.03. The van der Waals surface area contributed by atoms with E-state index in [1.54, 1.807) is 23.8 Å². The molecule has 0 radical (unpaired) electrons. The van der Waals surface area contributed by atoms with Crippen LogP contribution in [-0.2, 0) is 4.79 Å². The fourth-order valence-electron chi connectivity index (χ4n) is 4.43. The second kappa shape index (κ2) is 9.91. The molecule has 0 unspecified atom stereocenters. The zero-order chi connectivity index (χ0) is 24.2. The minimum atomic E-state index is -0.178. The lowest BCUT2D eigenvalue weighted by Gasteiger charge is -2.28. The summed E-state index contributed by atoms with van der Waals surface area (Å²) in [7, 11) is 1.66. The summed E-state index contributed by atoms with van der Waals surface area (Å²) in [5.41, 5.74) is 3.90. The molecule has 1 saturated carbocycles. The number of nitrogens with zero attached hydrogens (tertiary/aromatic N) is 4. The van der Waals surface area contributed by atoms with Crippen LogP contribution in [0.1, 0.15) is 55.5 Å². The predicted molar refractivity (Wildman–Crippen MR) is 129 cm³/mol. The van der Waals surface area contributed by atoms with Crippen LogP contribution in [0.2, 0.25) is 0 Å². The van der Waals surface area contributed by atoms with Gasteiger partial charge in [0.1, 0.15) is 6.07 Å². The van der Waals surface area contributed by atoms with Gasteiger partial charge >= 0.3 is 0 Å². The number of carbonyl (C=O) groups is 2. The second-order valence-corrected chi connectivity index (χ2v) is 8.96. The maximum absolute atomic E-state index is 13.1. The first-order valence-electron chi connectivity index (χ1n) is 11.6. The van der Waals surface area contributed by atoms with E-state index in [2.05, 4.69) is 32.1 Å². The third-order valence-corrected chi connectivity index (χ3v) is 6.16. The lowest BCUT2D eigenvalue weighted by atomic mass is 9.85. The fourth-order valence-corrected chi connectivity index (χ4v) is 4.43. The Morgan fingerprint density at radius 3 is 2.59 bits per heavy atom. The van der Waals surface area contributed by atoms with Crippen LogP contribution in [0, 0.1) is 17.2 Å². The zero-order valence-electron chi connectivity index (χ0n) is 19.6. The molecule has 3 aromatic rings. The molecule has 9 nitrogen and oxygen atoms in total. The summed E-state index contributed by atoms with van der Waals surface area (Å²) in [6.07, 6.45) is 6.18. The molecule has 0 aliphatic heterocycles. The van der Waals surface area contributed by atoms with Crippen molar-refractivity contribution in [2.24, 2.45) is 5.92 Å². The third-order valence-electron chi connectivity index (χ3n) is 6.16. The Morgan fingerprint density at radius 1 is 1.15 bits per heavy atom. The maximum atomic E-state index is 13.1. The number of hydrogen-bond acceptors (Lipinski definition) is 6. The number of pyridine rings is 1. The number of hydrogen-bond donors (Lipinski definition) is 3. The van der Waals surface area contributed by atoms with Crippen molar-refractivity contribution in [1.29, 1.82) is 5.26 Å². The Balaban J connectivity index is 1.56. The molecule has 9 heteroatoms. The molecule has 1 aliphatic carbocycles. The Hall–Kier alpha value is -3.93. The highest BCUT2D eigenvalue weighted by Gasteiger charge is 2.27. The Kier molecular flexibility index (Phi) is 6.77. The van der Waals surface area contributed by atoms with E-state index in [0.29, 0.717) is 22.5 Å². The summed E-state index contributed by atoms with van der Waals surface area (Å²) < 4.78 is 1.73. The van der Waals surface area contributed by atoms with Crippen molar-refractivity contribution in [1.82, 2.24) is 25.2 Å². The molecule has 0 aromatic carbocycles. The molecule has 3 heterocycles. The molecule has 4 rings (SSSR count). The van der Waals surface area contributed by atoms with Crippen LogP contribution in [0.4, 0.5) is 5.69 Å². The van der Waals surface area contributed by atoms with Gasteiger partial charge in [-0.1, -0.05) is 0 Å². The average molecular weight is 460 g/mol. The van der Waals surface area contributed by atoms with Crippen LogP contribution in [0.25, 0.3) is 16.9 Å². The predicted octanol–water partition coefficient (Wildman–Crippen LogP) is 3.12. The van der Waals surface area contributed by atoms with Gasteiger partial charge in [0.2, 0.25) is 5.91 Å². The minimum absolute atomic E-state index is 0.0204. The molecule has 0 bridgehead atoms. The molecular weight excluding hydrogens is 430 g/mol. The van der Waals surface area contributed by atoms with E-state index < -0.39 is 0 Å². The van der Waals surface area contributed by atoms with Crippen LogP contribution >= 0.6 is 0 Å². The van der Waals surface area contributed by atoms with E-state index in [-0.39, 0.29) is 29.8 Å². The minimum Gasteiger partial charge on any atom is -0.382 e. The number of nitrogens with one attached hydrogen (secondary N) is 3. The van der Waals surface area contributed by atoms with Crippen LogP contribution < -0.4 is 16.0 Å². The van der Waals surface area contributed by atoms with Gasteiger partial charge in [-0.05, 0) is 63.8 Å². The van der Waals surface area contributed by atoms with Gasteiger partial charge in [0, 0.05) is 31.2 Å². The zero-order valence-corrected chi connectivity index (χ0v) is 19.6. The highest BCUT2D eigenvalue weighted by molar-refractivity contribution is 6.00. The van der Waals surface area contributed by atoms with Crippen molar-refractivity contribution in [3.8, 4) is 17.5 Å². The molecule has 3 aromatic heterocycles. The molecular formula is C25H29N7O2. The summed E-state index contributed by atoms with van der Waals surface area (Å²) in [5.74, 6) is -0.0846. The second-order valence-electron chi connectivity index (χ2n) is 8.96. The van der Waals surface area contributed by atoms with Gasteiger partial charge in [-0.25, -0.2) is 4.52 Å². The Labute approximate surface area is 198 Å². The van der Waals surface area contributed by atoms with Gasteiger partial charge in [-0.3, -0.25) is 14.6 Å². The highest BCUT2D eigenvalue weighted by atomic mass is 16.2. The first-order chi connectivity index (χ1) is 16.4. The fraction of sp³-hybridized carbons (Fsp3) is 0.400. The normalized spacial score (nSPS) is 17.9. The first kappa shape index (κ1) is 23.2. The summed E-state index contributed by atoms with van der Waals surface area (Å²) >= 11 is 0. The van der Waals surface area contributed by atoms with E-state index in [0.717, 1.165) is 36.9 Å². The molecule has 0 atom stereocenters. The Bertz CT molecular complexity index is 1250. The molecule has 1 fully saturated rings. The lowest BCUT2D eigenvalue weighted by molar-refractivity contribution is -0.125. The van der Waals surface area contributed by atoms with E-state index in [1.165, 1.54) is 6.20 Å². The average Bonchev–Trinajstić information content (AvgIpc) is 3.26. The largest absolute Gasteiger partial charge is 0.382 e. The first-order valence-corrected chi connectivity index (χ1v) is 11.6. The lowest BCUT2D eigenvalue weighted by Crippen LogP contribution is -2.40. The van der Waals surface area contributed by atoms with Crippen molar-refractivity contribution in [2.45, 2.75) is 51.6 Å². The van der Waals surface area contributed by atoms with Gasteiger partial charge in [0.15, 0.2) is 0 Å². The van der Waals surface area contributed by atoms with E-state index in [1.807, 2.05) is 32.0 Å². The topological polar surface area (TPSA) is 124 Å². The van der Waals surface area contributed by atoms with Gasteiger partial charge < -0.3 is 16.0 Å². The monoisotopic (exact) mass is 459 g/mol. The molecule has 34 heavy (non-hydrogen) atoms. The summed E-state index contributed by atoms with van der Waals surface area (Å²) in [5, 5.41) is 22.7. The summed E-state index contributed by atoms with van der Waals surface area (Å²) in [6, 6.07) is 9.66. The van der Waals surface area contributed by atoms with Gasteiger partial charge in [0.05, 0.1) is 39.9 Å². The van der Waals surface area contributed by atoms with Crippen molar-refractivity contribution in [3.05, 3.63) is 47.8 Å². The van der Waals surface area contributed by atoms with E-state index >= 15 is 0 Å². The maximum Gasteiger partial charge on any atom is 0.255 e. The van der Waals surface area contributed by atoms with Gasteiger partial charge in [0.25, 0.3) is 5.91 Å². The number of anilines is 1. The van der Waals surface area contributed by atoms with Crippen molar-refractivity contribution < 1.29 is 9.59 Å². The van der Waals surface area contributed by atoms with Crippen molar-refractivity contribution >= 4 is 23.0 Å². The number of fused-ring (bicyclic) bond motifs is 1. The van der Waals surface area contributed by atoms with Crippen molar-refractivity contribution in [2.75, 3.05) is 12.4 Å². The number of aromatic nitrogens is 3. The van der Waals surface area contributed by atoms with Crippen LogP contribution in [0.3, 0.4) is 0 Å². The van der Waals surface area contributed by atoms with Crippen molar-refractivity contribution in [3.63, 3.8) is 0 Å². The summed E-state index contributed by atoms with van der Waals surface area (Å²) in [4.78, 5) is 29.6. The number of amides is 2. The smallest absolute Gasteiger partial charge is 0.255 e. The molecule has 0 saturated heterocycles. The molecule has 2 amide bonds. The quantitative estimate of drug-likeness (QED) is 0.520. The van der Waals surface area contributed by atoms with Crippen LogP contribution in [0.5, 0.6) is 0 Å². The molecule has 176 valence electrons. The number of carbonyl (C=O) groups excluding carboxylic acids is 2. The van der Waals surface area contributed by atoms with Gasteiger partial charge in [-0.15, -0.1) is 0 Å². The Morgan fingerprint density at radius 2 is 1.91 bits per heavy atom. The number of rotatable bonds is 6. The van der Waals surface area contributed by atoms with E-state index in [9.17, 15) is 9.59 Å². The standard InChI is InChI=1S/C25H29N7O2/c1-15(2)30-21-11-22(23-9-8-19-10-16(12-26)13-29-32(19)23)28-14-20(21)25(34)31-18-6-4-17(5-7-18)24(33)27-3/h8-11,13-15,17-18H,4-7H2,1-3H3,(H,27,33)(H,28,30)(H,31,34). The third kappa shape index (κ3) is 4.86. The SMILES string of the molecule is CNC(=O)C1CCC(NC(=O)c2cnc(-c3ccc4cc(C#N)cnn34)cc2NC(C)C)CC1. The number of nitriles is 1.